The minimum atomic E-state index is -4.34. The number of carbonyl (C=O) groups is 1. The van der Waals surface area contributed by atoms with Gasteiger partial charge in [-0.2, -0.15) is 13.2 Å². The molecule has 1 amide bonds. The van der Waals surface area contributed by atoms with Gasteiger partial charge in [0.1, 0.15) is 6.26 Å². The summed E-state index contributed by atoms with van der Waals surface area (Å²) >= 11 is -1.13. The zero-order valence-electron chi connectivity index (χ0n) is 11.0. The SMILES string of the molecule is C[S+]([O-])c1ccc(NC(=O)C2(C)CC2C(F)(F)F)cc1. The molecule has 1 N–H and O–H groups in total. The first kappa shape index (κ1) is 15.2. The molecular formula is C13H14F3NO2S. The highest BCUT2D eigenvalue weighted by molar-refractivity contribution is 7.90. The van der Waals surface area contributed by atoms with E-state index in [-0.39, 0.29) is 6.42 Å². The molecule has 0 radical (unpaired) electrons. The second-order valence-corrected chi connectivity index (χ2v) is 6.53. The summed E-state index contributed by atoms with van der Waals surface area (Å²) in [6.07, 6.45) is -3.00. The van der Waals surface area contributed by atoms with Crippen LogP contribution in [-0.2, 0) is 16.0 Å². The van der Waals surface area contributed by atoms with Crippen molar-refractivity contribution >= 4 is 22.8 Å². The molecular weight excluding hydrogens is 291 g/mol. The Morgan fingerprint density at radius 1 is 1.40 bits per heavy atom. The number of anilines is 1. The van der Waals surface area contributed by atoms with Crippen LogP contribution in [0, 0.1) is 11.3 Å². The van der Waals surface area contributed by atoms with E-state index in [4.69, 9.17) is 0 Å². The predicted molar refractivity (Wildman–Crippen MR) is 69.7 cm³/mol. The third-order valence-electron chi connectivity index (χ3n) is 3.60. The van der Waals surface area contributed by atoms with Crippen LogP contribution < -0.4 is 5.32 Å². The number of rotatable bonds is 3. The highest BCUT2D eigenvalue weighted by Crippen LogP contribution is 2.60. The average Bonchev–Trinajstić information content (AvgIpc) is 3.04. The summed E-state index contributed by atoms with van der Waals surface area (Å²) in [5.41, 5.74) is -0.983. The molecule has 0 heterocycles. The molecule has 0 saturated heterocycles. The van der Waals surface area contributed by atoms with Crippen LogP contribution in [0.2, 0.25) is 0 Å². The van der Waals surface area contributed by atoms with Gasteiger partial charge in [0.25, 0.3) is 0 Å². The first-order valence-electron chi connectivity index (χ1n) is 5.96. The Balaban J connectivity index is 2.03. The Hall–Kier alpha value is -1.21. The Kier molecular flexibility index (Phi) is 3.77. The number of amides is 1. The van der Waals surface area contributed by atoms with Crippen molar-refractivity contribution in [2.24, 2.45) is 11.3 Å². The fourth-order valence-corrected chi connectivity index (χ4v) is 2.62. The topological polar surface area (TPSA) is 52.2 Å². The lowest BCUT2D eigenvalue weighted by Crippen LogP contribution is -2.27. The maximum Gasteiger partial charge on any atom is 0.392 e. The standard InChI is InChI=1S/C13H14F3NO2S/c1-12(7-10(12)13(14,15)16)11(18)17-8-3-5-9(6-4-8)20(2)19/h3-6,10H,7H2,1-2H3,(H,17,18). The molecule has 1 aliphatic carbocycles. The lowest BCUT2D eigenvalue weighted by Gasteiger charge is -2.14. The molecule has 3 unspecified atom stereocenters. The molecule has 0 aliphatic heterocycles. The van der Waals surface area contributed by atoms with Crippen molar-refractivity contribution in [1.82, 2.24) is 0 Å². The maximum absolute atomic E-state index is 12.6. The molecule has 1 fully saturated rings. The van der Waals surface area contributed by atoms with Crippen molar-refractivity contribution in [3.63, 3.8) is 0 Å². The van der Waals surface area contributed by atoms with E-state index in [0.717, 1.165) is 0 Å². The van der Waals surface area contributed by atoms with E-state index in [1.54, 1.807) is 12.1 Å². The zero-order valence-corrected chi connectivity index (χ0v) is 11.8. The molecule has 1 aliphatic rings. The molecule has 7 heteroatoms. The summed E-state index contributed by atoms with van der Waals surface area (Å²) < 4.78 is 48.9. The normalized spacial score (nSPS) is 27.0. The van der Waals surface area contributed by atoms with Gasteiger partial charge in [-0.1, -0.05) is 6.92 Å². The largest absolute Gasteiger partial charge is 0.612 e. The lowest BCUT2D eigenvalue weighted by molar-refractivity contribution is -0.159. The molecule has 20 heavy (non-hydrogen) atoms. The molecule has 2 rings (SSSR count). The average molecular weight is 305 g/mol. The van der Waals surface area contributed by atoms with Crippen LogP contribution in [0.4, 0.5) is 18.9 Å². The van der Waals surface area contributed by atoms with Gasteiger partial charge < -0.3 is 9.87 Å². The predicted octanol–water partition coefficient (Wildman–Crippen LogP) is 2.95. The molecule has 110 valence electrons. The molecule has 0 aromatic heterocycles. The Bertz CT molecular complexity index is 515. The van der Waals surface area contributed by atoms with E-state index in [9.17, 15) is 22.5 Å². The fraction of sp³-hybridized carbons (Fsp3) is 0.462. The van der Waals surface area contributed by atoms with Crippen molar-refractivity contribution in [3.8, 4) is 0 Å². The van der Waals surface area contributed by atoms with Crippen LogP contribution in [0.25, 0.3) is 0 Å². The molecule has 1 saturated carbocycles. The van der Waals surface area contributed by atoms with Crippen molar-refractivity contribution in [2.75, 3.05) is 11.6 Å². The number of hydrogen-bond acceptors (Lipinski definition) is 2. The zero-order chi connectivity index (χ0) is 15.1. The van der Waals surface area contributed by atoms with Gasteiger partial charge in [0.2, 0.25) is 5.91 Å². The summed E-state index contributed by atoms with van der Waals surface area (Å²) in [6, 6.07) is 6.20. The minimum absolute atomic E-state index is 0.181. The number of halogens is 3. The molecule has 3 atom stereocenters. The second-order valence-electron chi connectivity index (χ2n) is 5.15. The highest BCUT2D eigenvalue weighted by atomic mass is 32.2. The molecule has 3 nitrogen and oxygen atoms in total. The van der Waals surface area contributed by atoms with E-state index in [2.05, 4.69) is 5.32 Å². The fourth-order valence-electron chi connectivity index (χ4n) is 2.10. The van der Waals surface area contributed by atoms with Crippen LogP contribution in [0.5, 0.6) is 0 Å². The van der Waals surface area contributed by atoms with E-state index in [1.165, 1.54) is 25.3 Å². The van der Waals surface area contributed by atoms with Crippen molar-refractivity contribution in [3.05, 3.63) is 24.3 Å². The molecule has 0 bridgehead atoms. The smallest absolute Gasteiger partial charge is 0.392 e. The van der Waals surface area contributed by atoms with Crippen LogP contribution in [-0.4, -0.2) is 22.9 Å². The van der Waals surface area contributed by atoms with Crippen LogP contribution >= 0.6 is 0 Å². The van der Waals surface area contributed by atoms with E-state index in [0.29, 0.717) is 10.6 Å². The summed E-state index contributed by atoms with van der Waals surface area (Å²) in [5, 5.41) is 2.47. The van der Waals surface area contributed by atoms with Crippen LogP contribution in [0.15, 0.2) is 29.2 Å². The Morgan fingerprint density at radius 3 is 2.35 bits per heavy atom. The molecule has 1 aromatic rings. The van der Waals surface area contributed by atoms with E-state index in [1.807, 2.05) is 0 Å². The molecule has 1 aromatic carbocycles. The number of hydrogen-bond donors (Lipinski definition) is 1. The van der Waals surface area contributed by atoms with Crippen LogP contribution in [0.3, 0.4) is 0 Å². The Morgan fingerprint density at radius 2 is 1.95 bits per heavy atom. The summed E-state index contributed by atoms with van der Waals surface area (Å²) in [4.78, 5) is 12.5. The minimum Gasteiger partial charge on any atom is -0.612 e. The highest BCUT2D eigenvalue weighted by Gasteiger charge is 2.67. The number of alkyl halides is 3. The first-order chi connectivity index (χ1) is 9.14. The summed E-state index contributed by atoms with van der Waals surface area (Å²) in [6.45, 7) is 1.32. The van der Waals surface area contributed by atoms with Gasteiger partial charge in [-0.05, 0) is 41.9 Å². The first-order valence-corrected chi connectivity index (χ1v) is 7.52. The van der Waals surface area contributed by atoms with Crippen molar-refractivity contribution in [2.45, 2.75) is 24.4 Å². The number of benzene rings is 1. The van der Waals surface area contributed by atoms with Gasteiger partial charge >= 0.3 is 6.18 Å². The van der Waals surface area contributed by atoms with Crippen LogP contribution in [0.1, 0.15) is 13.3 Å². The van der Waals surface area contributed by atoms with Gasteiger partial charge in [0.15, 0.2) is 4.90 Å². The van der Waals surface area contributed by atoms with Gasteiger partial charge in [-0.3, -0.25) is 4.79 Å². The molecule has 0 spiro atoms. The quantitative estimate of drug-likeness (QED) is 0.873. The van der Waals surface area contributed by atoms with Crippen molar-refractivity contribution in [1.29, 1.82) is 0 Å². The number of nitrogens with one attached hydrogen (secondary N) is 1. The summed E-state index contributed by atoms with van der Waals surface area (Å²) in [5.74, 6) is -2.21. The number of carbonyl (C=O) groups excluding carboxylic acids is 1. The van der Waals surface area contributed by atoms with Crippen molar-refractivity contribution < 1.29 is 22.5 Å². The summed E-state index contributed by atoms with van der Waals surface area (Å²) in [7, 11) is 0. The van der Waals surface area contributed by atoms with Gasteiger partial charge in [-0.15, -0.1) is 0 Å². The van der Waals surface area contributed by atoms with Gasteiger partial charge in [0.05, 0.1) is 11.3 Å². The van der Waals surface area contributed by atoms with Gasteiger partial charge in [0, 0.05) is 5.69 Å². The second kappa shape index (κ2) is 4.96. The maximum atomic E-state index is 12.6. The van der Waals surface area contributed by atoms with E-state index < -0.39 is 34.6 Å². The Labute approximate surface area is 117 Å². The van der Waals surface area contributed by atoms with Gasteiger partial charge in [-0.25, -0.2) is 0 Å². The van der Waals surface area contributed by atoms with E-state index >= 15 is 0 Å². The monoisotopic (exact) mass is 305 g/mol. The lowest BCUT2D eigenvalue weighted by atomic mass is 10.1. The third kappa shape index (κ3) is 2.93. The third-order valence-corrected chi connectivity index (χ3v) is 4.53.